The summed E-state index contributed by atoms with van der Waals surface area (Å²) >= 11 is 0. The summed E-state index contributed by atoms with van der Waals surface area (Å²) in [5, 5.41) is 3.69. The highest BCUT2D eigenvalue weighted by atomic mass is 16.5. The molecule has 6 nitrogen and oxygen atoms in total. The molecule has 1 aromatic heterocycles. The third kappa shape index (κ3) is 4.65. The van der Waals surface area contributed by atoms with E-state index in [4.69, 9.17) is 4.74 Å². The Morgan fingerprint density at radius 2 is 1.75 bits per heavy atom. The Morgan fingerprint density at radius 1 is 1.00 bits per heavy atom. The molecule has 0 aliphatic rings. The lowest BCUT2D eigenvalue weighted by Gasteiger charge is -2.05. The van der Waals surface area contributed by atoms with Crippen LogP contribution in [0, 0.1) is 11.8 Å². The summed E-state index contributed by atoms with van der Waals surface area (Å²) in [6.07, 6.45) is 1.72. The molecule has 0 aliphatic carbocycles. The Morgan fingerprint density at radius 3 is 2.54 bits per heavy atom. The number of hydrogen-bond donors (Lipinski definition) is 1. The molecule has 2 aromatic carbocycles. The maximum Gasteiger partial charge on any atom is 0.337 e. The normalized spacial score (nSPS) is 9.89. The summed E-state index contributed by atoms with van der Waals surface area (Å²) in [5.41, 5.74) is 1.61. The van der Waals surface area contributed by atoms with Gasteiger partial charge in [0, 0.05) is 17.1 Å². The average Bonchev–Trinajstić information content (AvgIpc) is 2.75. The maximum absolute atomic E-state index is 12.1. The van der Waals surface area contributed by atoms with Crippen molar-refractivity contribution in [2.75, 3.05) is 20.3 Å². The third-order valence-corrected chi connectivity index (χ3v) is 3.93. The van der Waals surface area contributed by atoms with Crippen molar-refractivity contribution in [2.24, 2.45) is 0 Å². The number of esters is 1. The van der Waals surface area contributed by atoms with E-state index in [0.717, 1.165) is 10.9 Å². The van der Waals surface area contributed by atoms with Gasteiger partial charge in [-0.15, -0.1) is 0 Å². The molecule has 0 aliphatic heterocycles. The molecule has 0 spiro atoms. The number of methoxy groups -OCH3 is 1. The Hall–Kier alpha value is -3.85. The van der Waals surface area contributed by atoms with Gasteiger partial charge in [-0.3, -0.25) is 9.78 Å². The Bertz CT molecular complexity index is 1040. The fraction of sp³-hybridized carbons (Fsp3) is 0.136. The first-order valence-electron chi connectivity index (χ1n) is 8.58. The molecule has 1 N–H and O–H groups in total. The van der Waals surface area contributed by atoms with E-state index in [1.165, 1.54) is 7.11 Å². The van der Waals surface area contributed by atoms with E-state index >= 15 is 0 Å². The zero-order valence-corrected chi connectivity index (χ0v) is 15.3. The lowest BCUT2D eigenvalue weighted by Crippen LogP contribution is -2.23. The van der Waals surface area contributed by atoms with Crippen molar-refractivity contribution >= 4 is 22.8 Å². The van der Waals surface area contributed by atoms with Gasteiger partial charge in [0.05, 0.1) is 19.2 Å². The number of nitrogens with zero attached hydrogens (tertiary/aromatic N) is 1. The molecule has 0 atom stereocenters. The standard InChI is InChI=1S/C22H18N2O4/c1-27-22(26)18-11-9-17(10-12-18)21(25)24-13-2-3-15-28-19-8-4-6-16-7-5-14-23-20(16)19/h4-12,14H,13,15H2,1H3,(H,24,25). The van der Waals surface area contributed by atoms with Crippen LogP contribution in [0.25, 0.3) is 10.9 Å². The second-order valence-corrected chi connectivity index (χ2v) is 5.73. The number of para-hydroxylation sites is 1. The first-order chi connectivity index (χ1) is 13.7. The summed E-state index contributed by atoms with van der Waals surface area (Å²) in [6.45, 7) is 0.383. The molecule has 0 unspecified atom stereocenters. The second kappa shape index (κ2) is 9.19. The van der Waals surface area contributed by atoms with E-state index in [9.17, 15) is 9.59 Å². The van der Waals surface area contributed by atoms with Gasteiger partial charge in [0.25, 0.3) is 5.91 Å². The van der Waals surface area contributed by atoms with Crippen molar-refractivity contribution in [3.8, 4) is 17.6 Å². The monoisotopic (exact) mass is 374 g/mol. The molecule has 6 heteroatoms. The lowest BCUT2D eigenvalue weighted by atomic mass is 10.1. The minimum absolute atomic E-state index is 0.189. The number of ether oxygens (including phenoxy) is 2. The summed E-state index contributed by atoms with van der Waals surface area (Å²) in [5.74, 6) is 5.65. The van der Waals surface area contributed by atoms with Crippen molar-refractivity contribution in [3.63, 3.8) is 0 Å². The molecular weight excluding hydrogens is 356 g/mol. The highest BCUT2D eigenvalue weighted by molar-refractivity contribution is 5.96. The Labute approximate surface area is 162 Å². The van der Waals surface area contributed by atoms with Crippen molar-refractivity contribution < 1.29 is 19.1 Å². The van der Waals surface area contributed by atoms with E-state index in [1.807, 2.05) is 30.3 Å². The largest absolute Gasteiger partial charge is 0.479 e. The van der Waals surface area contributed by atoms with Crippen molar-refractivity contribution in [2.45, 2.75) is 0 Å². The molecule has 3 aromatic rings. The molecule has 0 saturated carbocycles. The van der Waals surface area contributed by atoms with Gasteiger partial charge in [-0.25, -0.2) is 4.79 Å². The van der Waals surface area contributed by atoms with Crippen LogP contribution >= 0.6 is 0 Å². The van der Waals surface area contributed by atoms with Crippen LogP contribution in [0.5, 0.6) is 5.75 Å². The van der Waals surface area contributed by atoms with Gasteiger partial charge >= 0.3 is 5.97 Å². The van der Waals surface area contributed by atoms with Gasteiger partial charge in [0.15, 0.2) is 0 Å². The summed E-state index contributed by atoms with van der Waals surface area (Å²) in [6, 6.07) is 15.8. The van der Waals surface area contributed by atoms with Crippen LogP contribution in [0.4, 0.5) is 0 Å². The molecular formula is C22H18N2O4. The summed E-state index contributed by atoms with van der Waals surface area (Å²) in [4.78, 5) is 27.8. The molecule has 3 rings (SSSR count). The number of benzene rings is 2. The number of aromatic nitrogens is 1. The summed E-state index contributed by atoms with van der Waals surface area (Å²) in [7, 11) is 1.31. The van der Waals surface area contributed by atoms with Crippen molar-refractivity contribution in [3.05, 3.63) is 71.9 Å². The van der Waals surface area contributed by atoms with Crippen LogP contribution in [-0.2, 0) is 4.74 Å². The first-order valence-corrected chi connectivity index (χ1v) is 8.58. The number of pyridine rings is 1. The van der Waals surface area contributed by atoms with E-state index in [0.29, 0.717) is 16.9 Å². The van der Waals surface area contributed by atoms with Crippen LogP contribution in [0.1, 0.15) is 20.7 Å². The van der Waals surface area contributed by atoms with Gasteiger partial charge in [0.1, 0.15) is 17.9 Å². The quantitative estimate of drug-likeness (QED) is 0.549. The molecule has 0 fully saturated rings. The maximum atomic E-state index is 12.1. The topological polar surface area (TPSA) is 77.5 Å². The molecule has 0 saturated heterocycles. The van der Waals surface area contributed by atoms with Gasteiger partial charge in [0.2, 0.25) is 0 Å². The van der Waals surface area contributed by atoms with Crippen LogP contribution in [0.3, 0.4) is 0 Å². The zero-order chi connectivity index (χ0) is 19.8. The average molecular weight is 374 g/mol. The second-order valence-electron chi connectivity index (χ2n) is 5.73. The number of fused-ring (bicyclic) bond motifs is 1. The Balaban J connectivity index is 1.48. The Kier molecular flexibility index (Phi) is 6.21. The van der Waals surface area contributed by atoms with E-state index in [1.54, 1.807) is 30.5 Å². The number of rotatable bonds is 5. The molecule has 0 radical (unpaired) electrons. The van der Waals surface area contributed by atoms with Gasteiger partial charge in [-0.05, 0) is 36.4 Å². The van der Waals surface area contributed by atoms with E-state index in [-0.39, 0.29) is 19.1 Å². The van der Waals surface area contributed by atoms with E-state index in [2.05, 4.69) is 26.9 Å². The predicted molar refractivity (Wildman–Crippen MR) is 105 cm³/mol. The molecule has 0 bridgehead atoms. The van der Waals surface area contributed by atoms with Crippen molar-refractivity contribution in [1.82, 2.24) is 10.3 Å². The lowest BCUT2D eigenvalue weighted by molar-refractivity contribution is 0.0600. The minimum atomic E-state index is -0.445. The minimum Gasteiger partial charge on any atom is -0.479 e. The number of carbonyl (C=O) groups is 2. The van der Waals surface area contributed by atoms with Crippen LogP contribution < -0.4 is 10.1 Å². The van der Waals surface area contributed by atoms with Crippen molar-refractivity contribution in [1.29, 1.82) is 0 Å². The van der Waals surface area contributed by atoms with Crippen LogP contribution in [0.15, 0.2) is 60.8 Å². The predicted octanol–water partition coefficient (Wildman–Crippen LogP) is 2.83. The highest BCUT2D eigenvalue weighted by Crippen LogP contribution is 2.22. The van der Waals surface area contributed by atoms with Gasteiger partial charge in [-0.2, -0.15) is 0 Å². The van der Waals surface area contributed by atoms with Gasteiger partial charge in [-0.1, -0.05) is 30.0 Å². The third-order valence-electron chi connectivity index (χ3n) is 3.93. The fourth-order valence-corrected chi connectivity index (χ4v) is 2.52. The molecule has 1 amide bonds. The van der Waals surface area contributed by atoms with Crippen LogP contribution in [-0.4, -0.2) is 37.1 Å². The van der Waals surface area contributed by atoms with E-state index < -0.39 is 5.97 Å². The molecule has 1 heterocycles. The zero-order valence-electron chi connectivity index (χ0n) is 15.3. The number of hydrogen-bond acceptors (Lipinski definition) is 5. The molecule has 140 valence electrons. The summed E-state index contributed by atoms with van der Waals surface area (Å²) < 4.78 is 10.3. The number of amides is 1. The highest BCUT2D eigenvalue weighted by Gasteiger charge is 2.08. The number of nitrogens with one attached hydrogen (secondary N) is 1. The fourth-order valence-electron chi connectivity index (χ4n) is 2.52. The molecule has 28 heavy (non-hydrogen) atoms. The first kappa shape index (κ1) is 18.9. The number of carbonyl (C=O) groups excluding carboxylic acids is 2. The SMILES string of the molecule is COC(=O)c1ccc(C(=O)NCC#CCOc2cccc3cccnc23)cc1. The van der Waals surface area contributed by atoms with Crippen LogP contribution in [0.2, 0.25) is 0 Å². The smallest absolute Gasteiger partial charge is 0.337 e. The van der Waals surface area contributed by atoms with Gasteiger partial charge < -0.3 is 14.8 Å².